The Kier molecular flexibility index (Phi) is 5.70. The van der Waals surface area contributed by atoms with Gasteiger partial charge in [0.05, 0.1) is 0 Å². The van der Waals surface area contributed by atoms with Crippen LogP contribution in [0.15, 0.2) is 54.6 Å². The lowest BCUT2D eigenvalue weighted by Gasteiger charge is -2.32. The number of para-hydroxylation sites is 1. The molecule has 0 amide bonds. The van der Waals surface area contributed by atoms with E-state index in [2.05, 4.69) is 46.7 Å². The molecular formula is C20H25N3S. The topological polar surface area (TPSA) is 27.3 Å². The predicted octanol–water partition coefficient (Wildman–Crippen LogP) is 4.41. The van der Waals surface area contributed by atoms with Crippen LogP contribution in [0.4, 0.5) is 11.4 Å². The molecule has 1 aliphatic heterocycles. The molecule has 126 valence electrons. The molecule has 0 radical (unpaired) electrons. The molecule has 1 heterocycles. The van der Waals surface area contributed by atoms with E-state index in [-0.39, 0.29) is 0 Å². The summed E-state index contributed by atoms with van der Waals surface area (Å²) in [6, 6.07) is 18.8. The van der Waals surface area contributed by atoms with Crippen molar-refractivity contribution in [2.45, 2.75) is 26.3 Å². The third-order valence-electron chi connectivity index (χ3n) is 4.44. The van der Waals surface area contributed by atoms with Crippen LogP contribution in [0.5, 0.6) is 0 Å². The molecule has 0 unspecified atom stereocenters. The first-order chi connectivity index (χ1) is 11.7. The van der Waals surface area contributed by atoms with Crippen molar-refractivity contribution in [1.82, 2.24) is 5.32 Å². The summed E-state index contributed by atoms with van der Waals surface area (Å²) in [4.78, 5) is 2.49. The summed E-state index contributed by atoms with van der Waals surface area (Å²) in [7, 11) is 0. The van der Waals surface area contributed by atoms with Crippen molar-refractivity contribution in [3.05, 3.63) is 60.2 Å². The molecule has 0 spiro atoms. The van der Waals surface area contributed by atoms with E-state index in [1.807, 2.05) is 30.3 Å². The van der Waals surface area contributed by atoms with Crippen molar-refractivity contribution in [3.63, 3.8) is 0 Å². The van der Waals surface area contributed by atoms with Gasteiger partial charge in [-0.2, -0.15) is 0 Å². The number of hydrogen-bond donors (Lipinski definition) is 2. The minimum absolute atomic E-state index is 0.648. The zero-order valence-electron chi connectivity index (χ0n) is 14.2. The summed E-state index contributed by atoms with van der Waals surface area (Å²) in [6.45, 7) is 5.41. The Morgan fingerprint density at radius 2 is 1.88 bits per heavy atom. The zero-order valence-corrected chi connectivity index (χ0v) is 15.0. The highest BCUT2D eigenvalue weighted by molar-refractivity contribution is 7.80. The van der Waals surface area contributed by atoms with Crippen LogP contribution in [-0.2, 0) is 6.54 Å². The van der Waals surface area contributed by atoms with E-state index >= 15 is 0 Å². The minimum atomic E-state index is 0.648. The highest BCUT2D eigenvalue weighted by Gasteiger charge is 2.16. The van der Waals surface area contributed by atoms with Gasteiger partial charge in [-0.1, -0.05) is 37.3 Å². The average Bonchev–Trinajstić information content (AvgIpc) is 2.61. The average molecular weight is 340 g/mol. The number of benzene rings is 2. The fraction of sp³-hybridized carbons (Fsp3) is 0.350. The van der Waals surface area contributed by atoms with Gasteiger partial charge in [0, 0.05) is 31.0 Å². The summed E-state index contributed by atoms with van der Waals surface area (Å²) in [5.74, 6) is 0.793. The fourth-order valence-corrected chi connectivity index (χ4v) is 3.32. The molecule has 0 aromatic heterocycles. The van der Waals surface area contributed by atoms with E-state index < -0.39 is 0 Å². The first-order valence-corrected chi connectivity index (χ1v) is 9.05. The number of piperidine rings is 1. The second-order valence-electron chi connectivity index (χ2n) is 6.53. The van der Waals surface area contributed by atoms with E-state index in [1.165, 1.54) is 37.2 Å². The van der Waals surface area contributed by atoms with Gasteiger partial charge in [-0.05, 0) is 60.8 Å². The molecule has 2 aromatic carbocycles. The molecule has 1 aliphatic rings. The van der Waals surface area contributed by atoms with E-state index in [0.717, 1.165) is 18.2 Å². The van der Waals surface area contributed by atoms with E-state index in [0.29, 0.717) is 5.11 Å². The molecule has 1 fully saturated rings. The fourth-order valence-electron chi connectivity index (χ4n) is 3.13. The van der Waals surface area contributed by atoms with Gasteiger partial charge in [-0.25, -0.2) is 0 Å². The Bertz CT molecular complexity index is 654. The molecule has 3 rings (SSSR count). The molecule has 2 N–H and O–H groups in total. The highest BCUT2D eigenvalue weighted by atomic mass is 32.1. The van der Waals surface area contributed by atoms with Crippen molar-refractivity contribution < 1.29 is 0 Å². The Balaban J connectivity index is 1.50. The van der Waals surface area contributed by atoms with Crippen LogP contribution in [0.3, 0.4) is 0 Å². The van der Waals surface area contributed by atoms with Gasteiger partial charge >= 0.3 is 0 Å². The number of nitrogens with one attached hydrogen (secondary N) is 2. The standard InChI is InChI=1S/C20H25N3S/c1-16-6-5-13-23(15-16)19-11-9-17(10-12-19)14-21-20(24)22-18-7-3-2-4-8-18/h2-4,7-12,16H,5-6,13-15H2,1H3,(H2,21,22,24)/t16-/m0/s1. The molecule has 1 saturated heterocycles. The van der Waals surface area contributed by atoms with E-state index in [4.69, 9.17) is 12.2 Å². The Hall–Kier alpha value is -2.07. The molecule has 24 heavy (non-hydrogen) atoms. The summed E-state index contributed by atoms with van der Waals surface area (Å²) in [5, 5.41) is 7.10. The number of thiocarbonyl (C=S) groups is 1. The highest BCUT2D eigenvalue weighted by Crippen LogP contribution is 2.23. The molecule has 0 saturated carbocycles. The predicted molar refractivity (Wildman–Crippen MR) is 107 cm³/mol. The summed E-state index contributed by atoms with van der Waals surface area (Å²) >= 11 is 5.35. The SMILES string of the molecule is C[C@H]1CCCN(c2ccc(CNC(=S)Nc3ccccc3)cc2)C1. The van der Waals surface area contributed by atoms with Crippen molar-refractivity contribution in [3.8, 4) is 0 Å². The van der Waals surface area contributed by atoms with Crippen LogP contribution < -0.4 is 15.5 Å². The van der Waals surface area contributed by atoms with Crippen LogP contribution in [0.25, 0.3) is 0 Å². The van der Waals surface area contributed by atoms with Gasteiger partial charge in [-0.3, -0.25) is 0 Å². The van der Waals surface area contributed by atoms with Crippen LogP contribution >= 0.6 is 12.2 Å². The summed E-state index contributed by atoms with van der Waals surface area (Å²) in [5.41, 5.74) is 3.57. The molecule has 0 aliphatic carbocycles. The van der Waals surface area contributed by atoms with Gasteiger partial charge < -0.3 is 15.5 Å². The normalized spacial score (nSPS) is 17.4. The lowest BCUT2D eigenvalue weighted by atomic mass is 9.99. The maximum atomic E-state index is 5.35. The Labute approximate surface area is 150 Å². The lowest BCUT2D eigenvalue weighted by molar-refractivity contribution is 0.447. The third kappa shape index (κ3) is 4.71. The Morgan fingerprint density at radius 3 is 2.58 bits per heavy atom. The van der Waals surface area contributed by atoms with Crippen molar-refractivity contribution >= 4 is 28.7 Å². The quantitative estimate of drug-likeness (QED) is 0.807. The first kappa shape index (κ1) is 16.8. The second-order valence-corrected chi connectivity index (χ2v) is 6.94. The van der Waals surface area contributed by atoms with Crippen LogP contribution in [0.1, 0.15) is 25.3 Å². The molecule has 4 heteroatoms. The number of hydrogen-bond acceptors (Lipinski definition) is 2. The summed E-state index contributed by atoms with van der Waals surface area (Å²) in [6.07, 6.45) is 2.65. The van der Waals surface area contributed by atoms with Gasteiger partial charge in [0.1, 0.15) is 0 Å². The molecular weight excluding hydrogens is 314 g/mol. The van der Waals surface area contributed by atoms with Crippen molar-refractivity contribution in [2.24, 2.45) is 5.92 Å². The van der Waals surface area contributed by atoms with Crippen molar-refractivity contribution in [2.75, 3.05) is 23.3 Å². The molecule has 1 atom stereocenters. The number of anilines is 2. The van der Waals surface area contributed by atoms with Crippen LogP contribution in [0, 0.1) is 5.92 Å². The number of nitrogens with zero attached hydrogens (tertiary/aromatic N) is 1. The van der Waals surface area contributed by atoms with Gasteiger partial charge in [0.15, 0.2) is 5.11 Å². The molecule has 3 nitrogen and oxygen atoms in total. The van der Waals surface area contributed by atoms with Crippen LogP contribution in [0.2, 0.25) is 0 Å². The first-order valence-electron chi connectivity index (χ1n) is 8.64. The monoisotopic (exact) mass is 339 g/mol. The van der Waals surface area contributed by atoms with Crippen molar-refractivity contribution in [1.29, 1.82) is 0 Å². The largest absolute Gasteiger partial charge is 0.371 e. The molecule has 0 bridgehead atoms. The maximum Gasteiger partial charge on any atom is 0.171 e. The number of rotatable bonds is 4. The third-order valence-corrected chi connectivity index (χ3v) is 4.69. The minimum Gasteiger partial charge on any atom is -0.371 e. The van der Waals surface area contributed by atoms with E-state index in [1.54, 1.807) is 0 Å². The smallest absolute Gasteiger partial charge is 0.171 e. The van der Waals surface area contributed by atoms with Gasteiger partial charge in [0.25, 0.3) is 0 Å². The Morgan fingerprint density at radius 1 is 1.12 bits per heavy atom. The zero-order chi connectivity index (χ0) is 16.8. The van der Waals surface area contributed by atoms with Gasteiger partial charge in [0.2, 0.25) is 0 Å². The van der Waals surface area contributed by atoms with E-state index in [9.17, 15) is 0 Å². The lowest BCUT2D eigenvalue weighted by Crippen LogP contribution is -2.34. The molecule has 2 aromatic rings. The summed E-state index contributed by atoms with van der Waals surface area (Å²) < 4.78 is 0. The van der Waals surface area contributed by atoms with Gasteiger partial charge in [-0.15, -0.1) is 0 Å². The second kappa shape index (κ2) is 8.15. The maximum absolute atomic E-state index is 5.35. The van der Waals surface area contributed by atoms with Crippen LogP contribution in [-0.4, -0.2) is 18.2 Å².